The van der Waals surface area contributed by atoms with Gasteiger partial charge in [-0.2, -0.15) is 0 Å². The molecule has 76 valence electrons. The molecule has 0 aromatic carbocycles. The molecule has 2 rings (SSSR count). The lowest BCUT2D eigenvalue weighted by Crippen LogP contribution is -2.38. The summed E-state index contributed by atoms with van der Waals surface area (Å²) in [5, 5.41) is 0. The molecule has 1 aromatic heterocycles. The molecule has 1 aliphatic heterocycles. The summed E-state index contributed by atoms with van der Waals surface area (Å²) in [7, 11) is -0.621. The van der Waals surface area contributed by atoms with Crippen molar-refractivity contribution in [2.24, 2.45) is 0 Å². The highest BCUT2D eigenvalue weighted by molar-refractivity contribution is 9.10. The molecule has 0 unspecified atom stereocenters. The molecule has 14 heavy (non-hydrogen) atoms. The van der Waals surface area contributed by atoms with Gasteiger partial charge in [-0.1, -0.05) is 6.07 Å². The Morgan fingerprint density at radius 2 is 2.07 bits per heavy atom. The van der Waals surface area contributed by atoms with Crippen molar-refractivity contribution in [2.45, 2.75) is 0 Å². The number of hydrogen-bond acceptors (Lipinski definition) is 3. The molecule has 1 fully saturated rings. The molecule has 0 bridgehead atoms. The summed E-state index contributed by atoms with van der Waals surface area (Å²) in [6.45, 7) is 1.69. The van der Waals surface area contributed by atoms with E-state index in [-0.39, 0.29) is 0 Å². The second kappa shape index (κ2) is 4.40. The molecule has 1 aromatic rings. The summed E-state index contributed by atoms with van der Waals surface area (Å²) in [5.74, 6) is 2.48. The van der Waals surface area contributed by atoms with Crippen LogP contribution in [0.1, 0.15) is 0 Å². The Morgan fingerprint density at radius 1 is 1.36 bits per heavy atom. The molecule has 1 saturated heterocycles. The van der Waals surface area contributed by atoms with Crippen molar-refractivity contribution in [1.82, 2.24) is 4.98 Å². The number of rotatable bonds is 1. The van der Waals surface area contributed by atoms with Crippen LogP contribution in [0.5, 0.6) is 0 Å². The Kier molecular flexibility index (Phi) is 3.18. The zero-order valence-electron chi connectivity index (χ0n) is 7.65. The van der Waals surface area contributed by atoms with Gasteiger partial charge < -0.3 is 4.90 Å². The first-order valence-electron chi connectivity index (χ1n) is 4.48. The van der Waals surface area contributed by atoms with Crippen LogP contribution >= 0.6 is 15.9 Å². The second-order valence-corrected chi connectivity index (χ2v) is 5.66. The van der Waals surface area contributed by atoms with Crippen LogP contribution in [0.25, 0.3) is 0 Å². The van der Waals surface area contributed by atoms with E-state index in [1.807, 2.05) is 18.2 Å². The van der Waals surface area contributed by atoms with Gasteiger partial charge in [0.05, 0.1) is 0 Å². The van der Waals surface area contributed by atoms with Crippen LogP contribution in [0.2, 0.25) is 0 Å². The highest BCUT2D eigenvalue weighted by Gasteiger charge is 2.16. The van der Waals surface area contributed by atoms with Crippen molar-refractivity contribution in [1.29, 1.82) is 0 Å². The van der Waals surface area contributed by atoms with E-state index < -0.39 is 10.8 Å². The first kappa shape index (κ1) is 10.1. The molecular weight excluding hydrogens is 264 g/mol. The fourth-order valence-electron chi connectivity index (χ4n) is 1.44. The molecule has 0 spiro atoms. The molecule has 0 atom stereocenters. The number of anilines is 1. The minimum atomic E-state index is -0.621. The monoisotopic (exact) mass is 274 g/mol. The Hall–Kier alpha value is -0.420. The largest absolute Gasteiger partial charge is 0.355 e. The average Bonchev–Trinajstić information content (AvgIpc) is 2.19. The maximum Gasteiger partial charge on any atom is 0.129 e. The van der Waals surface area contributed by atoms with E-state index in [0.717, 1.165) is 35.0 Å². The third kappa shape index (κ3) is 2.33. The summed E-state index contributed by atoms with van der Waals surface area (Å²) in [4.78, 5) is 6.54. The Morgan fingerprint density at radius 3 is 2.71 bits per heavy atom. The lowest BCUT2D eigenvalue weighted by molar-refractivity contribution is 0.672. The molecule has 0 saturated carbocycles. The van der Waals surface area contributed by atoms with Crippen LogP contribution in [-0.4, -0.2) is 33.8 Å². The van der Waals surface area contributed by atoms with Crippen LogP contribution < -0.4 is 4.90 Å². The van der Waals surface area contributed by atoms with E-state index in [1.54, 1.807) is 0 Å². The van der Waals surface area contributed by atoms with E-state index in [0.29, 0.717) is 0 Å². The molecular formula is C9H11BrN2OS. The average molecular weight is 275 g/mol. The zero-order chi connectivity index (χ0) is 9.97. The molecule has 1 aliphatic rings. The van der Waals surface area contributed by atoms with Gasteiger partial charge in [0.15, 0.2) is 0 Å². The number of halogens is 1. The summed E-state index contributed by atoms with van der Waals surface area (Å²) < 4.78 is 12.0. The smallest absolute Gasteiger partial charge is 0.129 e. The summed E-state index contributed by atoms with van der Waals surface area (Å²) in [6.07, 6.45) is 0. The lowest BCUT2D eigenvalue weighted by Gasteiger charge is -2.27. The molecule has 0 radical (unpaired) electrons. The Labute approximate surface area is 94.1 Å². The SMILES string of the molecule is O=S1CCN(c2cccc(Br)n2)CC1. The van der Waals surface area contributed by atoms with E-state index in [4.69, 9.17) is 0 Å². The fourth-order valence-corrected chi connectivity index (χ4v) is 2.83. The van der Waals surface area contributed by atoms with E-state index in [9.17, 15) is 4.21 Å². The van der Waals surface area contributed by atoms with E-state index >= 15 is 0 Å². The van der Waals surface area contributed by atoms with Gasteiger partial charge in [-0.15, -0.1) is 0 Å². The zero-order valence-corrected chi connectivity index (χ0v) is 10.1. The number of nitrogens with zero attached hydrogens (tertiary/aromatic N) is 2. The van der Waals surface area contributed by atoms with Gasteiger partial charge in [0, 0.05) is 35.4 Å². The predicted molar refractivity (Wildman–Crippen MR) is 62.0 cm³/mol. The highest BCUT2D eigenvalue weighted by Crippen LogP contribution is 2.16. The van der Waals surface area contributed by atoms with E-state index in [2.05, 4.69) is 25.8 Å². The highest BCUT2D eigenvalue weighted by atomic mass is 79.9. The van der Waals surface area contributed by atoms with Crippen molar-refractivity contribution in [3.05, 3.63) is 22.8 Å². The van der Waals surface area contributed by atoms with Crippen molar-refractivity contribution in [3.8, 4) is 0 Å². The summed E-state index contributed by atoms with van der Waals surface area (Å²) in [5.41, 5.74) is 0. The molecule has 0 amide bonds. The molecule has 0 aliphatic carbocycles. The Bertz CT molecular complexity index is 348. The van der Waals surface area contributed by atoms with Gasteiger partial charge in [0.1, 0.15) is 10.4 Å². The molecule has 5 heteroatoms. The van der Waals surface area contributed by atoms with Crippen LogP contribution in [0.4, 0.5) is 5.82 Å². The van der Waals surface area contributed by atoms with Gasteiger partial charge in [-0.25, -0.2) is 4.98 Å². The van der Waals surface area contributed by atoms with Crippen molar-refractivity contribution >= 4 is 32.5 Å². The predicted octanol–water partition coefficient (Wildman–Crippen LogP) is 1.41. The second-order valence-electron chi connectivity index (χ2n) is 3.15. The van der Waals surface area contributed by atoms with Crippen LogP contribution in [0.3, 0.4) is 0 Å². The summed E-state index contributed by atoms with van der Waals surface area (Å²) in [6, 6.07) is 5.86. The third-order valence-corrected chi connectivity index (χ3v) is 3.92. The first-order valence-corrected chi connectivity index (χ1v) is 6.76. The molecule has 2 heterocycles. The van der Waals surface area contributed by atoms with Gasteiger partial charge in [-0.3, -0.25) is 4.21 Å². The Balaban J connectivity index is 2.12. The maximum atomic E-state index is 11.2. The van der Waals surface area contributed by atoms with Crippen LogP contribution in [0.15, 0.2) is 22.8 Å². The first-order chi connectivity index (χ1) is 6.75. The van der Waals surface area contributed by atoms with Crippen LogP contribution in [-0.2, 0) is 10.8 Å². The minimum absolute atomic E-state index is 0.621. The standard InChI is InChI=1S/C9H11BrN2OS/c10-8-2-1-3-9(11-8)12-4-6-14(13)7-5-12/h1-3H,4-7H2. The van der Waals surface area contributed by atoms with Crippen molar-refractivity contribution in [2.75, 3.05) is 29.5 Å². The molecule has 0 N–H and O–H groups in total. The van der Waals surface area contributed by atoms with Crippen molar-refractivity contribution < 1.29 is 4.21 Å². The lowest BCUT2D eigenvalue weighted by atomic mass is 10.4. The van der Waals surface area contributed by atoms with Gasteiger partial charge in [0.25, 0.3) is 0 Å². The normalized spacial score (nSPS) is 18.5. The fraction of sp³-hybridized carbons (Fsp3) is 0.444. The topological polar surface area (TPSA) is 33.2 Å². The number of hydrogen-bond donors (Lipinski definition) is 0. The number of pyridine rings is 1. The third-order valence-electron chi connectivity index (χ3n) is 2.20. The van der Waals surface area contributed by atoms with Crippen molar-refractivity contribution in [3.63, 3.8) is 0 Å². The van der Waals surface area contributed by atoms with Gasteiger partial charge in [-0.05, 0) is 28.1 Å². The number of aromatic nitrogens is 1. The van der Waals surface area contributed by atoms with Gasteiger partial charge >= 0.3 is 0 Å². The summed E-state index contributed by atoms with van der Waals surface area (Å²) >= 11 is 3.34. The van der Waals surface area contributed by atoms with Gasteiger partial charge in [0.2, 0.25) is 0 Å². The van der Waals surface area contributed by atoms with E-state index in [1.165, 1.54) is 0 Å². The molecule has 3 nitrogen and oxygen atoms in total. The van der Waals surface area contributed by atoms with Crippen LogP contribution in [0, 0.1) is 0 Å². The minimum Gasteiger partial charge on any atom is -0.355 e. The maximum absolute atomic E-state index is 11.2. The quantitative estimate of drug-likeness (QED) is 0.727.